The van der Waals surface area contributed by atoms with Gasteiger partial charge in [0.1, 0.15) is 11.9 Å². The van der Waals surface area contributed by atoms with E-state index in [0.29, 0.717) is 30.3 Å². The van der Waals surface area contributed by atoms with Crippen molar-refractivity contribution in [2.24, 2.45) is 5.92 Å². The van der Waals surface area contributed by atoms with Gasteiger partial charge in [-0.15, -0.1) is 0 Å². The van der Waals surface area contributed by atoms with Crippen LogP contribution in [0.2, 0.25) is 5.02 Å². The summed E-state index contributed by atoms with van der Waals surface area (Å²) in [5.74, 6) is 0.324. The Morgan fingerprint density at radius 3 is 2.87 bits per heavy atom. The molecule has 1 aliphatic heterocycles. The van der Waals surface area contributed by atoms with Crippen molar-refractivity contribution in [3.63, 3.8) is 0 Å². The number of nitrogens with one attached hydrogen (secondary N) is 1. The maximum absolute atomic E-state index is 12.2. The minimum absolute atomic E-state index is 0.0239. The number of halogens is 1. The Labute approximate surface area is 141 Å². The van der Waals surface area contributed by atoms with E-state index >= 15 is 0 Å². The van der Waals surface area contributed by atoms with E-state index in [2.05, 4.69) is 5.32 Å². The quantitative estimate of drug-likeness (QED) is 0.867. The van der Waals surface area contributed by atoms with Crippen LogP contribution in [-0.4, -0.2) is 43.0 Å². The van der Waals surface area contributed by atoms with Gasteiger partial charge in [-0.2, -0.15) is 0 Å². The normalized spacial score (nSPS) is 19.3. The van der Waals surface area contributed by atoms with Crippen molar-refractivity contribution in [1.82, 2.24) is 10.2 Å². The predicted molar refractivity (Wildman–Crippen MR) is 89.5 cm³/mol. The second-order valence-electron chi connectivity index (χ2n) is 5.83. The Bertz CT molecular complexity index is 565. The van der Waals surface area contributed by atoms with Gasteiger partial charge in [0.05, 0.1) is 11.6 Å². The summed E-state index contributed by atoms with van der Waals surface area (Å²) in [6.45, 7) is 3.03. The van der Waals surface area contributed by atoms with Crippen LogP contribution in [-0.2, 0) is 9.59 Å². The number of rotatable bonds is 6. The third-order valence-corrected chi connectivity index (χ3v) is 4.43. The lowest BCUT2D eigenvalue weighted by Crippen LogP contribution is -2.44. The van der Waals surface area contributed by atoms with E-state index < -0.39 is 0 Å². The molecule has 23 heavy (non-hydrogen) atoms. The first-order valence-corrected chi connectivity index (χ1v) is 8.32. The van der Waals surface area contributed by atoms with Crippen molar-refractivity contribution >= 4 is 23.4 Å². The summed E-state index contributed by atoms with van der Waals surface area (Å²) in [6, 6.07) is 7.28. The van der Waals surface area contributed by atoms with Crippen molar-refractivity contribution in [3.05, 3.63) is 29.3 Å². The van der Waals surface area contributed by atoms with Gasteiger partial charge < -0.3 is 15.0 Å². The van der Waals surface area contributed by atoms with Gasteiger partial charge in [-0.1, -0.05) is 30.7 Å². The van der Waals surface area contributed by atoms with Crippen LogP contribution in [0.5, 0.6) is 5.75 Å². The standard InChI is InChI=1S/C17H23ClN2O3/c1-3-13(23-15-7-5-4-6-14(15)18)11-19-17(22)12-8-9-20(2)16(21)10-12/h4-7,12-13H,3,8-11H2,1-2H3,(H,19,22)/t12-,13+/m1/s1. The first-order chi connectivity index (χ1) is 11.0. The third-order valence-electron chi connectivity index (χ3n) is 4.12. The van der Waals surface area contributed by atoms with Crippen molar-refractivity contribution < 1.29 is 14.3 Å². The molecule has 2 amide bonds. The maximum Gasteiger partial charge on any atom is 0.223 e. The Morgan fingerprint density at radius 1 is 1.48 bits per heavy atom. The third kappa shape index (κ3) is 4.86. The van der Waals surface area contributed by atoms with Gasteiger partial charge in [0, 0.05) is 25.9 Å². The van der Waals surface area contributed by atoms with Gasteiger partial charge in [-0.05, 0) is 25.0 Å². The summed E-state index contributed by atoms with van der Waals surface area (Å²) < 4.78 is 5.85. The van der Waals surface area contributed by atoms with Crippen LogP contribution >= 0.6 is 11.6 Å². The molecule has 1 aromatic carbocycles. The van der Waals surface area contributed by atoms with Gasteiger partial charge in [-0.3, -0.25) is 9.59 Å². The molecule has 0 aliphatic carbocycles. The molecule has 0 spiro atoms. The Kier molecular flexibility index (Phi) is 6.28. The monoisotopic (exact) mass is 338 g/mol. The number of amides is 2. The molecule has 1 N–H and O–H groups in total. The Morgan fingerprint density at radius 2 is 2.22 bits per heavy atom. The molecular formula is C17H23ClN2O3. The summed E-state index contributed by atoms with van der Waals surface area (Å²) in [4.78, 5) is 25.6. The maximum atomic E-state index is 12.2. The fourth-order valence-electron chi connectivity index (χ4n) is 2.51. The average Bonchev–Trinajstić information content (AvgIpc) is 2.55. The molecule has 1 fully saturated rings. The summed E-state index contributed by atoms with van der Waals surface area (Å²) in [7, 11) is 1.76. The van der Waals surface area contributed by atoms with Gasteiger partial charge in [0.2, 0.25) is 11.8 Å². The van der Waals surface area contributed by atoms with Crippen LogP contribution in [0.25, 0.3) is 0 Å². The SMILES string of the molecule is CC[C@@H](CNC(=O)[C@@H]1CCN(C)C(=O)C1)Oc1ccccc1Cl. The highest BCUT2D eigenvalue weighted by molar-refractivity contribution is 6.32. The van der Waals surface area contributed by atoms with Crippen molar-refractivity contribution in [2.45, 2.75) is 32.3 Å². The number of likely N-dealkylation sites (tertiary alicyclic amines) is 1. The minimum Gasteiger partial charge on any atom is -0.487 e. The van der Waals surface area contributed by atoms with Crippen LogP contribution in [0, 0.1) is 5.92 Å². The summed E-state index contributed by atoms with van der Waals surface area (Å²) in [5, 5.41) is 3.45. The van der Waals surface area contributed by atoms with Crippen LogP contribution in [0.15, 0.2) is 24.3 Å². The molecule has 1 saturated heterocycles. The molecule has 0 aromatic heterocycles. The molecule has 0 saturated carbocycles. The summed E-state index contributed by atoms with van der Waals surface area (Å²) >= 11 is 6.08. The molecule has 1 heterocycles. The van der Waals surface area contributed by atoms with Crippen molar-refractivity contribution in [3.8, 4) is 5.75 Å². The van der Waals surface area contributed by atoms with Crippen LogP contribution < -0.4 is 10.1 Å². The lowest BCUT2D eigenvalue weighted by Gasteiger charge is -2.28. The summed E-state index contributed by atoms with van der Waals surface area (Å²) in [5.41, 5.74) is 0. The molecule has 0 radical (unpaired) electrons. The molecule has 1 aliphatic rings. The highest BCUT2D eigenvalue weighted by atomic mass is 35.5. The van der Waals surface area contributed by atoms with Crippen molar-refractivity contribution in [2.75, 3.05) is 20.1 Å². The van der Waals surface area contributed by atoms with E-state index in [-0.39, 0.29) is 30.3 Å². The van der Waals surface area contributed by atoms with Crippen molar-refractivity contribution in [1.29, 1.82) is 0 Å². The Balaban J connectivity index is 1.84. The number of ether oxygens (including phenoxy) is 1. The molecule has 0 bridgehead atoms. The number of carbonyl (C=O) groups excluding carboxylic acids is 2. The van der Waals surface area contributed by atoms with Gasteiger partial charge in [0.15, 0.2) is 0 Å². The van der Waals surface area contributed by atoms with Gasteiger partial charge in [0.25, 0.3) is 0 Å². The average molecular weight is 339 g/mol. The second-order valence-corrected chi connectivity index (χ2v) is 6.24. The minimum atomic E-state index is -0.239. The molecule has 5 nitrogen and oxygen atoms in total. The highest BCUT2D eigenvalue weighted by Gasteiger charge is 2.28. The highest BCUT2D eigenvalue weighted by Crippen LogP contribution is 2.24. The smallest absolute Gasteiger partial charge is 0.223 e. The van der Waals surface area contributed by atoms with E-state index in [1.54, 1.807) is 18.0 Å². The van der Waals surface area contributed by atoms with Crippen LogP contribution in [0.3, 0.4) is 0 Å². The predicted octanol–water partition coefficient (Wildman–Crippen LogP) is 2.48. The van der Waals surface area contributed by atoms with Crippen LogP contribution in [0.4, 0.5) is 0 Å². The zero-order valence-corrected chi connectivity index (χ0v) is 14.3. The number of nitrogens with zero attached hydrogens (tertiary/aromatic N) is 1. The number of hydrogen-bond acceptors (Lipinski definition) is 3. The largest absolute Gasteiger partial charge is 0.487 e. The first kappa shape index (κ1) is 17.6. The Hall–Kier alpha value is -1.75. The number of para-hydroxylation sites is 1. The fraction of sp³-hybridized carbons (Fsp3) is 0.529. The molecule has 6 heteroatoms. The summed E-state index contributed by atoms with van der Waals surface area (Å²) in [6.07, 6.45) is 1.58. The lowest BCUT2D eigenvalue weighted by atomic mass is 9.95. The van der Waals surface area contributed by atoms with E-state index in [1.165, 1.54) is 0 Å². The number of carbonyl (C=O) groups is 2. The van der Waals surface area contributed by atoms with Gasteiger partial charge in [-0.25, -0.2) is 0 Å². The molecule has 2 atom stereocenters. The first-order valence-electron chi connectivity index (χ1n) is 7.94. The molecular weight excluding hydrogens is 316 g/mol. The molecule has 126 valence electrons. The zero-order valence-electron chi connectivity index (χ0n) is 13.5. The van der Waals surface area contributed by atoms with E-state index in [1.807, 2.05) is 25.1 Å². The van der Waals surface area contributed by atoms with Gasteiger partial charge >= 0.3 is 0 Å². The molecule has 0 unspecified atom stereocenters. The van der Waals surface area contributed by atoms with E-state index in [4.69, 9.17) is 16.3 Å². The molecule has 1 aromatic rings. The topological polar surface area (TPSA) is 58.6 Å². The fourth-order valence-corrected chi connectivity index (χ4v) is 2.69. The number of piperidine rings is 1. The lowest BCUT2D eigenvalue weighted by molar-refractivity contribution is -0.139. The zero-order chi connectivity index (χ0) is 16.8. The number of hydrogen-bond donors (Lipinski definition) is 1. The van der Waals surface area contributed by atoms with Crippen LogP contribution in [0.1, 0.15) is 26.2 Å². The molecule has 2 rings (SSSR count). The second kappa shape index (κ2) is 8.20. The number of benzene rings is 1. The van der Waals surface area contributed by atoms with E-state index in [0.717, 1.165) is 6.42 Å². The van der Waals surface area contributed by atoms with E-state index in [9.17, 15) is 9.59 Å².